The monoisotopic (exact) mass is 380 g/mol. The van der Waals surface area contributed by atoms with E-state index in [-0.39, 0.29) is 0 Å². The predicted octanol–water partition coefficient (Wildman–Crippen LogP) is 2.35. The number of hydrogen-bond donors (Lipinski definition) is 2. The third-order valence-corrected chi connectivity index (χ3v) is 4.91. The van der Waals surface area contributed by atoms with Gasteiger partial charge in [0.15, 0.2) is 5.96 Å². The lowest BCUT2D eigenvalue weighted by atomic mass is 10.2. The van der Waals surface area contributed by atoms with Gasteiger partial charge in [-0.05, 0) is 44.2 Å². The van der Waals surface area contributed by atoms with Gasteiger partial charge in [0.2, 0.25) is 0 Å². The Bertz CT molecular complexity index is 695. The van der Waals surface area contributed by atoms with Crippen LogP contribution in [-0.2, 0) is 6.54 Å². The van der Waals surface area contributed by atoms with E-state index in [1.54, 1.807) is 0 Å². The first-order chi connectivity index (χ1) is 13.8. The fourth-order valence-electron chi connectivity index (χ4n) is 3.37. The van der Waals surface area contributed by atoms with E-state index in [0.717, 1.165) is 63.9 Å². The minimum absolute atomic E-state index is 0.595. The fourth-order valence-corrected chi connectivity index (χ4v) is 3.37. The summed E-state index contributed by atoms with van der Waals surface area (Å²) in [6.45, 7) is 10.0. The van der Waals surface area contributed by atoms with Gasteiger partial charge in [-0.1, -0.05) is 24.3 Å². The molecule has 1 aromatic carbocycles. The summed E-state index contributed by atoms with van der Waals surface area (Å²) in [6, 6.07) is 16.6. The summed E-state index contributed by atoms with van der Waals surface area (Å²) in [4.78, 5) is 14.0. The average molecular weight is 381 g/mol. The van der Waals surface area contributed by atoms with Gasteiger partial charge in [-0.3, -0.25) is 9.88 Å². The molecule has 0 saturated carbocycles. The number of piperazine rings is 1. The number of nitrogens with zero attached hydrogens (tertiary/aromatic N) is 4. The summed E-state index contributed by atoms with van der Waals surface area (Å²) in [5.74, 6) is 0.863. The van der Waals surface area contributed by atoms with Gasteiger partial charge >= 0.3 is 0 Å². The lowest BCUT2D eigenvalue weighted by Gasteiger charge is -2.36. The molecule has 2 heterocycles. The van der Waals surface area contributed by atoms with Crippen molar-refractivity contribution in [3.8, 4) is 0 Å². The van der Waals surface area contributed by atoms with E-state index in [1.807, 2.05) is 24.4 Å². The van der Waals surface area contributed by atoms with Gasteiger partial charge in [0.25, 0.3) is 0 Å². The lowest BCUT2D eigenvalue weighted by molar-refractivity contribution is 0.255. The minimum Gasteiger partial charge on any atom is -0.369 e. The maximum atomic E-state index is 4.62. The van der Waals surface area contributed by atoms with Gasteiger partial charge in [-0.15, -0.1) is 0 Å². The zero-order valence-corrected chi connectivity index (χ0v) is 16.8. The second kappa shape index (κ2) is 11.3. The van der Waals surface area contributed by atoms with Gasteiger partial charge < -0.3 is 15.5 Å². The molecule has 28 heavy (non-hydrogen) atoms. The fraction of sp³-hybridized carbons (Fsp3) is 0.455. The van der Waals surface area contributed by atoms with E-state index < -0.39 is 0 Å². The number of rotatable bonds is 8. The molecule has 0 amide bonds. The topological polar surface area (TPSA) is 55.8 Å². The molecule has 0 radical (unpaired) electrons. The Hall–Kier alpha value is -2.60. The maximum absolute atomic E-state index is 4.62. The highest BCUT2D eigenvalue weighted by Crippen LogP contribution is 2.15. The molecule has 1 aromatic heterocycles. The molecule has 0 aliphatic carbocycles. The van der Waals surface area contributed by atoms with Crippen molar-refractivity contribution in [1.82, 2.24) is 20.5 Å². The van der Waals surface area contributed by atoms with Crippen molar-refractivity contribution in [3.63, 3.8) is 0 Å². The molecule has 3 rings (SSSR count). The number of nitrogens with one attached hydrogen (secondary N) is 2. The molecule has 1 saturated heterocycles. The normalized spacial score (nSPS) is 15.5. The van der Waals surface area contributed by atoms with Crippen LogP contribution in [-0.4, -0.2) is 61.7 Å². The number of pyridine rings is 1. The minimum atomic E-state index is 0.595. The van der Waals surface area contributed by atoms with E-state index in [0.29, 0.717) is 6.54 Å². The summed E-state index contributed by atoms with van der Waals surface area (Å²) in [7, 11) is 0. The summed E-state index contributed by atoms with van der Waals surface area (Å²) >= 11 is 0. The van der Waals surface area contributed by atoms with Crippen LogP contribution >= 0.6 is 0 Å². The first-order valence-corrected chi connectivity index (χ1v) is 10.3. The molecule has 0 atom stereocenters. The van der Waals surface area contributed by atoms with E-state index in [2.05, 4.69) is 67.7 Å². The molecule has 0 spiro atoms. The molecule has 0 bridgehead atoms. The Kier molecular flexibility index (Phi) is 8.12. The Morgan fingerprint density at radius 1 is 1.00 bits per heavy atom. The van der Waals surface area contributed by atoms with Gasteiger partial charge in [0, 0.05) is 51.2 Å². The highest BCUT2D eigenvalue weighted by molar-refractivity contribution is 5.79. The summed E-state index contributed by atoms with van der Waals surface area (Å²) < 4.78 is 0. The van der Waals surface area contributed by atoms with E-state index in [9.17, 15) is 0 Å². The van der Waals surface area contributed by atoms with Crippen LogP contribution in [0.1, 0.15) is 19.0 Å². The van der Waals surface area contributed by atoms with Crippen LogP contribution in [0.3, 0.4) is 0 Å². The van der Waals surface area contributed by atoms with Crippen molar-refractivity contribution in [3.05, 3.63) is 60.4 Å². The molecular weight excluding hydrogens is 348 g/mol. The SMILES string of the molecule is CCNC(=NCc1ccccn1)NCCCN1CCN(c2ccccc2)CC1. The number of guanidine groups is 1. The Labute approximate surface area is 168 Å². The number of para-hydroxylation sites is 1. The standard InChI is InChI=1S/C22H32N6/c1-2-23-22(26-19-20-9-6-7-12-24-20)25-13-8-14-27-15-17-28(18-16-27)21-10-4-3-5-11-21/h3-7,9-12H,2,8,13-19H2,1H3,(H2,23,25,26). The molecule has 6 heteroatoms. The number of aromatic nitrogens is 1. The summed E-state index contributed by atoms with van der Waals surface area (Å²) in [6.07, 6.45) is 2.92. The van der Waals surface area contributed by atoms with Crippen molar-refractivity contribution in [2.75, 3.05) is 50.7 Å². The molecular formula is C22H32N6. The molecule has 1 aliphatic heterocycles. The van der Waals surface area contributed by atoms with E-state index in [1.165, 1.54) is 5.69 Å². The molecule has 6 nitrogen and oxygen atoms in total. The number of hydrogen-bond acceptors (Lipinski definition) is 4. The van der Waals surface area contributed by atoms with Crippen LogP contribution in [0.25, 0.3) is 0 Å². The van der Waals surface area contributed by atoms with Gasteiger partial charge in [0.1, 0.15) is 0 Å². The second-order valence-corrected chi connectivity index (χ2v) is 6.96. The molecule has 2 N–H and O–H groups in total. The highest BCUT2D eigenvalue weighted by Gasteiger charge is 2.16. The van der Waals surface area contributed by atoms with Gasteiger partial charge in [-0.25, -0.2) is 4.99 Å². The third-order valence-electron chi connectivity index (χ3n) is 4.91. The van der Waals surface area contributed by atoms with Crippen LogP contribution < -0.4 is 15.5 Å². The van der Waals surface area contributed by atoms with Crippen LogP contribution in [0.15, 0.2) is 59.7 Å². The molecule has 2 aromatic rings. The Morgan fingerprint density at radius 3 is 2.50 bits per heavy atom. The smallest absolute Gasteiger partial charge is 0.191 e. The molecule has 1 aliphatic rings. The van der Waals surface area contributed by atoms with Crippen LogP contribution in [0.2, 0.25) is 0 Å². The molecule has 1 fully saturated rings. The lowest BCUT2D eigenvalue weighted by Crippen LogP contribution is -2.47. The largest absolute Gasteiger partial charge is 0.369 e. The number of anilines is 1. The summed E-state index contributed by atoms with van der Waals surface area (Å²) in [5, 5.41) is 6.75. The maximum Gasteiger partial charge on any atom is 0.191 e. The zero-order chi connectivity index (χ0) is 19.4. The Balaban J connectivity index is 1.35. The average Bonchev–Trinajstić information content (AvgIpc) is 2.76. The van der Waals surface area contributed by atoms with E-state index in [4.69, 9.17) is 0 Å². The van der Waals surface area contributed by atoms with Gasteiger partial charge in [-0.2, -0.15) is 0 Å². The third kappa shape index (κ3) is 6.53. The van der Waals surface area contributed by atoms with Crippen molar-refractivity contribution >= 4 is 11.6 Å². The van der Waals surface area contributed by atoms with Crippen LogP contribution in [0.4, 0.5) is 5.69 Å². The van der Waals surface area contributed by atoms with Crippen LogP contribution in [0, 0.1) is 0 Å². The summed E-state index contributed by atoms with van der Waals surface area (Å²) in [5.41, 5.74) is 2.32. The van der Waals surface area contributed by atoms with Crippen molar-refractivity contribution in [2.24, 2.45) is 4.99 Å². The first-order valence-electron chi connectivity index (χ1n) is 10.3. The van der Waals surface area contributed by atoms with E-state index >= 15 is 0 Å². The molecule has 150 valence electrons. The first kappa shape index (κ1) is 20.1. The zero-order valence-electron chi connectivity index (χ0n) is 16.8. The second-order valence-electron chi connectivity index (χ2n) is 6.96. The van der Waals surface area contributed by atoms with Crippen molar-refractivity contribution in [1.29, 1.82) is 0 Å². The number of aliphatic imine (C=N–C) groups is 1. The van der Waals surface area contributed by atoms with Gasteiger partial charge in [0.05, 0.1) is 12.2 Å². The quantitative estimate of drug-likeness (QED) is 0.418. The van der Waals surface area contributed by atoms with Crippen LogP contribution in [0.5, 0.6) is 0 Å². The van der Waals surface area contributed by atoms with Crippen molar-refractivity contribution in [2.45, 2.75) is 19.9 Å². The highest BCUT2D eigenvalue weighted by atomic mass is 15.3. The predicted molar refractivity (Wildman–Crippen MR) is 117 cm³/mol. The number of benzene rings is 1. The van der Waals surface area contributed by atoms with Crippen molar-refractivity contribution < 1.29 is 0 Å². The molecule has 0 unspecified atom stereocenters. The Morgan fingerprint density at radius 2 is 1.79 bits per heavy atom.